The van der Waals surface area contributed by atoms with E-state index in [1.54, 1.807) is 0 Å². The monoisotopic (exact) mass is 179 g/mol. The van der Waals surface area contributed by atoms with Gasteiger partial charge in [-0.1, -0.05) is 41.5 Å². The molecule has 0 fully saturated rings. The molecular formula is C12H21N. The Morgan fingerprint density at radius 3 is 1.31 bits per heavy atom. The predicted octanol–water partition coefficient (Wildman–Crippen LogP) is 3.61. The molecule has 74 valence electrons. The Bertz CT molecular complexity index is 252. The van der Waals surface area contributed by atoms with Gasteiger partial charge < -0.3 is 4.98 Å². The van der Waals surface area contributed by atoms with Crippen LogP contribution in [0.25, 0.3) is 0 Å². The molecule has 1 heterocycles. The lowest BCUT2D eigenvalue weighted by molar-refractivity contribution is 0.534. The molecule has 1 nitrogen and oxygen atoms in total. The van der Waals surface area contributed by atoms with Crippen molar-refractivity contribution in [1.82, 2.24) is 4.98 Å². The van der Waals surface area contributed by atoms with Gasteiger partial charge in [0.1, 0.15) is 0 Å². The Morgan fingerprint density at radius 1 is 0.769 bits per heavy atom. The minimum Gasteiger partial charge on any atom is -0.367 e. The van der Waals surface area contributed by atoms with E-state index in [0.717, 1.165) is 0 Å². The molecule has 0 aliphatic rings. The van der Waals surface area contributed by atoms with Crippen molar-refractivity contribution in [3.05, 3.63) is 23.5 Å². The van der Waals surface area contributed by atoms with Crippen LogP contribution in [0.1, 0.15) is 52.7 Å². The lowest BCUT2D eigenvalue weighted by atomic mass is 9.78. The molecule has 13 heavy (non-hydrogen) atoms. The minimum absolute atomic E-state index is 0.239. The Morgan fingerprint density at radius 2 is 1.08 bits per heavy atom. The summed E-state index contributed by atoms with van der Waals surface area (Å²) in [5.74, 6) is 0. The van der Waals surface area contributed by atoms with Gasteiger partial charge in [0, 0.05) is 12.4 Å². The molecule has 0 atom stereocenters. The summed E-state index contributed by atoms with van der Waals surface area (Å²) in [6.07, 6.45) is 4.25. The van der Waals surface area contributed by atoms with Crippen LogP contribution in [-0.2, 0) is 10.8 Å². The summed E-state index contributed by atoms with van der Waals surface area (Å²) in [6.45, 7) is 13.5. The van der Waals surface area contributed by atoms with E-state index in [1.807, 2.05) is 0 Å². The molecule has 1 aromatic rings. The molecule has 1 heteroatoms. The van der Waals surface area contributed by atoms with Gasteiger partial charge in [0.05, 0.1) is 0 Å². The fraction of sp³-hybridized carbons (Fsp3) is 0.667. The SMILES string of the molecule is CC(C)(C)c1c[nH]cc1C(C)(C)C. The topological polar surface area (TPSA) is 15.8 Å². The van der Waals surface area contributed by atoms with E-state index in [1.165, 1.54) is 11.1 Å². The maximum atomic E-state index is 3.21. The molecule has 0 radical (unpaired) electrons. The van der Waals surface area contributed by atoms with Crippen LogP contribution in [0.4, 0.5) is 0 Å². The van der Waals surface area contributed by atoms with Crippen molar-refractivity contribution in [2.24, 2.45) is 0 Å². The first-order valence-electron chi connectivity index (χ1n) is 4.90. The molecule has 0 bridgehead atoms. The molecule has 0 saturated heterocycles. The van der Waals surface area contributed by atoms with Crippen LogP contribution in [0.2, 0.25) is 0 Å². The van der Waals surface area contributed by atoms with Gasteiger partial charge in [-0.3, -0.25) is 0 Å². The molecule has 1 rings (SSSR count). The fourth-order valence-electron chi connectivity index (χ4n) is 1.60. The third-order valence-corrected chi connectivity index (χ3v) is 2.36. The van der Waals surface area contributed by atoms with Crippen LogP contribution >= 0.6 is 0 Å². The number of hydrogen-bond donors (Lipinski definition) is 1. The van der Waals surface area contributed by atoms with E-state index >= 15 is 0 Å². The maximum Gasteiger partial charge on any atom is 0.00457 e. The number of aromatic nitrogens is 1. The quantitative estimate of drug-likeness (QED) is 0.626. The molecule has 1 N–H and O–H groups in total. The minimum atomic E-state index is 0.239. The van der Waals surface area contributed by atoms with Gasteiger partial charge in [-0.05, 0) is 22.0 Å². The van der Waals surface area contributed by atoms with Gasteiger partial charge in [0.15, 0.2) is 0 Å². The molecule has 0 aliphatic heterocycles. The second-order valence-corrected chi connectivity index (χ2v) is 5.78. The molecule has 0 saturated carbocycles. The van der Waals surface area contributed by atoms with Crippen molar-refractivity contribution in [3.63, 3.8) is 0 Å². The van der Waals surface area contributed by atoms with Crippen molar-refractivity contribution in [2.75, 3.05) is 0 Å². The van der Waals surface area contributed by atoms with E-state index in [4.69, 9.17) is 0 Å². The number of H-pyrrole nitrogens is 1. The molecule has 0 aliphatic carbocycles. The highest BCUT2D eigenvalue weighted by Crippen LogP contribution is 2.33. The first kappa shape index (κ1) is 10.4. The predicted molar refractivity (Wildman–Crippen MR) is 58.2 cm³/mol. The summed E-state index contributed by atoms with van der Waals surface area (Å²) in [5.41, 5.74) is 3.34. The standard InChI is InChI=1S/C12H21N/c1-11(2,3)9-7-13-8-10(9)12(4,5)6/h7-8,13H,1-6H3. The van der Waals surface area contributed by atoms with E-state index in [9.17, 15) is 0 Å². The molecule has 0 spiro atoms. The number of hydrogen-bond acceptors (Lipinski definition) is 0. The molecule has 0 unspecified atom stereocenters. The second kappa shape index (κ2) is 2.90. The average molecular weight is 179 g/mol. The van der Waals surface area contributed by atoms with Crippen LogP contribution in [0.15, 0.2) is 12.4 Å². The third kappa shape index (κ3) is 2.15. The van der Waals surface area contributed by atoms with E-state index in [2.05, 4.69) is 58.9 Å². The molecule has 0 aromatic carbocycles. The zero-order valence-corrected chi connectivity index (χ0v) is 9.65. The summed E-state index contributed by atoms with van der Waals surface area (Å²) < 4.78 is 0. The van der Waals surface area contributed by atoms with Gasteiger partial charge in [0.2, 0.25) is 0 Å². The highest BCUT2D eigenvalue weighted by atomic mass is 14.7. The smallest absolute Gasteiger partial charge is 0.00457 e. The van der Waals surface area contributed by atoms with E-state index in [-0.39, 0.29) is 10.8 Å². The van der Waals surface area contributed by atoms with Gasteiger partial charge in [-0.25, -0.2) is 0 Å². The third-order valence-electron chi connectivity index (χ3n) is 2.36. The van der Waals surface area contributed by atoms with Gasteiger partial charge in [-0.2, -0.15) is 0 Å². The largest absolute Gasteiger partial charge is 0.367 e. The van der Waals surface area contributed by atoms with Crippen molar-refractivity contribution in [1.29, 1.82) is 0 Å². The highest BCUT2D eigenvalue weighted by Gasteiger charge is 2.25. The van der Waals surface area contributed by atoms with E-state index in [0.29, 0.717) is 0 Å². The molecule has 1 aromatic heterocycles. The lowest BCUT2D eigenvalue weighted by Crippen LogP contribution is -2.19. The molecule has 0 amide bonds. The Kier molecular flexibility index (Phi) is 2.31. The van der Waals surface area contributed by atoms with Crippen molar-refractivity contribution >= 4 is 0 Å². The first-order valence-corrected chi connectivity index (χ1v) is 4.90. The summed E-state index contributed by atoms with van der Waals surface area (Å²) in [6, 6.07) is 0. The maximum absolute atomic E-state index is 3.21. The van der Waals surface area contributed by atoms with Crippen LogP contribution in [-0.4, -0.2) is 4.98 Å². The lowest BCUT2D eigenvalue weighted by Gasteiger charge is -2.26. The molecular weight excluding hydrogens is 158 g/mol. The zero-order valence-electron chi connectivity index (χ0n) is 9.65. The van der Waals surface area contributed by atoms with Crippen LogP contribution in [0.5, 0.6) is 0 Å². The van der Waals surface area contributed by atoms with Crippen molar-refractivity contribution < 1.29 is 0 Å². The van der Waals surface area contributed by atoms with Crippen LogP contribution < -0.4 is 0 Å². The highest BCUT2D eigenvalue weighted by molar-refractivity contribution is 5.34. The van der Waals surface area contributed by atoms with Crippen LogP contribution in [0, 0.1) is 0 Å². The van der Waals surface area contributed by atoms with Crippen molar-refractivity contribution in [2.45, 2.75) is 52.4 Å². The summed E-state index contributed by atoms with van der Waals surface area (Å²) in [4.78, 5) is 3.21. The number of nitrogens with one attached hydrogen (secondary N) is 1. The van der Waals surface area contributed by atoms with Gasteiger partial charge in [-0.15, -0.1) is 0 Å². The van der Waals surface area contributed by atoms with E-state index < -0.39 is 0 Å². The fourth-order valence-corrected chi connectivity index (χ4v) is 1.60. The van der Waals surface area contributed by atoms with Gasteiger partial charge in [0.25, 0.3) is 0 Å². The normalized spacial score (nSPS) is 13.4. The Balaban J connectivity index is 3.19. The van der Waals surface area contributed by atoms with Crippen molar-refractivity contribution in [3.8, 4) is 0 Å². The second-order valence-electron chi connectivity index (χ2n) is 5.78. The Hall–Kier alpha value is -0.720. The van der Waals surface area contributed by atoms with Gasteiger partial charge >= 0.3 is 0 Å². The summed E-state index contributed by atoms with van der Waals surface area (Å²) in [7, 11) is 0. The zero-order chi connectivity index (χ0) is 10.3. The average Bonchev–Trinajstić information content (AvgIpc) is 2.27. The number of aromatic amines is 1. The Labute approximate surface area is 81.6 Å². The first-order chi connectivity index (χ1) is 5.73. The summed E-state index contributed by atoms with van der Waals surface area (Å²) in [5, 5.41) is 0. The number of rotatable bonds is 0. The summed E-state index contributed by atoms with van der Waals surface area (Å²) >= 11 is 0. The van der Waals surface area contributed by atoms with Crippen LogP contribution in [0.3, 0.4) is 0 Å².